The van der Waals surface area contributed by atoms with Crippen LogP contribution in [0.25, 0.3) is 0 Å². The van der Waals surface area contributed by atoms with Gasteiger partial charge in [-0.1, -0.05) is 42.0 Å². The van der Waals surface area contributed by atoms with Gasteiger partial charge in [-0.25, -0.2) is 4.79 Å². The Bertz CT molecular complexity index is 786. The van der Waals surface area contributed by atoms with Crippen molar-refractivity contribution in [3.05, 3.63) is 65.2 Å². The Morgan fingerprint density at radius 1 is 1.15 bits per heavy atom. The summed E-state index contributed by atoms with van der Waals surface area (Å²) in [6.45, 7) is 2.53. The summed E-state index contributed by atoms with van der Waals surface area (Å²) >= 11 is 0. The molecule has 0 radical (unpaired) electrons. The van der Waals surface area contributed by atoms with Crippen LogP contribution in [0.1, 0.15) is 23.1 Å². The molecule has 0 spiro atoms. The molecule has 1 fully saturated rings. The second-order valence-corrected chi connectivity index (χ2v) is 6.57. The van der Waals surface area contributed by atoms with Crippen LogP contribution in [0.2, 0.25) is 0 Å². The maximum absolute atomic E-state index is 11.7. The van der Waals surface area contributed by atoms with Crippen LogP contribution in [-0.2, 0) is 22.6 Å². The van der Waals surface area contributed by atoms with Crippen molar-refractivity contribution in [1.82, 2.24) is 5.32 Å². The van der Waals surface area contributed by atoms with Crippen LogP contribution in [0, 0.1) is 6.92 Å². The summed E-state index contributed by atoms with van der Waals surface area (Å²) in [6, 6.07) is 15.9. The summed E-state index contributed by atoms with van der Waals surface area (Å²) in [6.07, 6.45) is 0.367. The van der Waals surface area contributed by atoms with E-state index in [1.807, 2.05) is 36.4 Å². The largest absolute Gasteiger partial charge is 0.489 e. The lowest BCUT2D eigenvalue weighted by Crippen LogP contribution is -2.54. The number of hydrogen-bond donors (Lipinski definition) is 2. The Balaban J connectivity index is 1.55. The van der Waals surface area contributed by atoms with Crippen molar-refractivity contribution in [2.75, 3.05) is 6.61 Å². The standard InChI is InChI=1S/C20H22N2O4/c1-14-2-4-16(5-3-14)12-25-17-8-6-15(7-9-17)10-11-20(18(21)23)13-26-19(24)22-20/h2-9H,10-13H2,1H3,(H2,21,23)(H,22,24). The average Bonchev–Trinajstić information content (AvgIpc) is 3.03. The van der Waals surface area contributed by atoms with Crippen molar-refractivity contribution in [2.45, 2.75) is 31.9 Å². The SMILES string of the molecule is Cc1ccc(COc2ccc(CCC3(C(N)=O)COC(=O)N3)cc2)cc1. The van der Waals surface area contributed by atoms with Gasteiger partial charge in [0.05, 0.1) is 0 Å². The van der Waals surface area contributed by atoms with E-state index in [2.05, 4.69) is 24.4 Å². The molecular formula is C20H22N2O4. The van der Waals surface area contributed by atoms with Crippen LogP contribution in [0.3, 0.4) is 0 Å². The van der Waals surface area contributed by atoms with Gasteiger partial charge in [0, 0.05) is 0 Å². The van der Waals surface area contributed by atoms with E-state index in [1.165, 1.54) is 5.56 Å². The Morgan fingerprint density at radius 2 is 1.81 bits per heavy atom. The van der Waals surface area contributed by atoms with Gasteiger partial charge < -0.3 is 20.5 Å². The number of hydrogen-bond acceptors (Lipinski definition) is 4. The second-order valence-electron chi connectivity index (χ2n) is 6.57. The van der Waals surface area contributed by atoms with E-state index in [4.69, 9.17) is 15.2 Å². The molecule has 0 saturated carbocycles. The van der Waals surface area contributed by atoms with E-state index in [9.17, 15) is 9.59 Å². The number of primary amides is 1. The molecule has 1 heterocycles. The molecule has 6 heteroatoms. The number of alkyl carbamates (subject to hydrolysis) is 1. The number of aryl methyl sites for hydroxylation is 2. The second kappa shape index (κ2) is 7.47. The summed E-state index contributed by atoms with van der Waals surface area (Å²) in [5, 5.41) is 2.53. The predicted molar refractivity (Wildman–Crippen MR) is 96.7 cm³/mol. The number of amides is 2. The molecule has 0 aliphatic carbocycles. The Kier molecular flexibility index (Phi) is 5.11. The van der Waals surface area contributed by atoms with E-state index < -0.39 is 17.5 Å². The molecule has 1 aliphatic rings. The molecule has 26 heavy (non-hydrogen) atoms. The van der Waals surface area contributed by atoms with Gasteiger partial charge in [0.15, 0.2) is 5.54 Å². The zero-order chi connectivity index (χ0) is 18.6. The maximum Gasteiger partial charge on any atom is 0.408 e. The molecular weight excluding hydrogens is 332 g/mol. The van der Waals surface area contributed by atoms with Crippen molar-refractivity contribution >= 4 is 12.0 Å². The molecule has 1 atom stereocenters. The highest BCUT2D eigenvalue weighted by Gasteiger charge is 2.44. The minimum absolute atomic E-state index is 0.0289. The minimum atomic E-state index is -1.13. The minimum Gasteiger partial charge on any atom is -0.489 e. The number of carbonyl (C=O) groups excluding carboxylic acids is 2. The number of benzene rings is 2. The van der Waals surface area contributed by atoms with Gasteiger partial charge in [-0.05, 0) is 43.0 Å². The summed E-state index contributed by atoms with van der Waals surface area (Å²) in [5.74, 6) is 0.192. The number of nitrogens with one attached hydrogen (secondary N) is 1. The fraction of sp³-hybridized carbons (Fsp3) is 0.300. The van der Waals surface area contributed by atoms with Gasteiger partial charge in [0.1, 0.15) is 19.0 Å². The third kappa shape index (κ3) is 4.14. The van der Waals surface area contributed by atoms with Crippen LogP contribution in [0.4, 0.5) is 4.79 Å². The summed E-state index contributed by atoms with van der Waals surface area (Å²) in [5.41, 5.74) is 7.66. The number of rotatable bonds is 7. The Morgan fingerprint density at radius 3 is 2.38 bits per heavy atom. The van der Waals surface area contributed by atoms with E-state index in [0.717, 1.165) is 16.9 Å². The molecule has 3 rings (SSSR count). The molecule has 2 amide bonds. The quantitative estimate of drug-likeness (QED) is 0.799. The Labute approximate surface area is 152 Å². The third-order valence-electron chi connectivity index (χ3n) is 4.55. The van der Waals surface area contributed by atoms with Gasteiger partial charge in [-0.2, -0.15) is 0 Å². The van der Waals surface area contributed by atoms with E-state index in [0.29, 0.717) is 19.4 Å². The van der Waals surface area contributed by atoms with Gasteiger partial charge in [0.25, 0.3) is 0 Å². The fourth-order valence-electron chi connectivity index (χ4n) is 2.81. The first-order valence-corrected chi connectivity index (χ1v) is 8.49. The number of ether oxygens (including phenoxy) is 2. The lowest BCUT2D eigenvalue weighted by molar-refractivity contribution is -0.124. The molecule has 0 bridgehead atoms. The van der Waals surface area contributed by atoms with Crippen LogP contribution in [-0.4, -0.2) is 24.1 Å². The molecule has 2 aromatic carbocycles. The third-order valence-corrected chi connectivity index (χ3v) is 4.55. The first kappa shape index (κ1) is 17.8. The molecule has 136 valence electrons. The highest BCUT2D eigenvalue weighted by Crippen LogP contribution is 2.21. The van der Waals surface area contributed by atoms with Crippen molar-refractivity contribution < 1.29 is 19.1 Å². The average molecular weight is 354 g/mol. The zero-order valence-electron chi connectivity index (χ0n) is 14.7. The van der Waals surface area contributed by atoms with Crippen LogP contribution in [0.5, 0.6) is 5.75 Å². The van der Waals surface area contributed by atoms with E-state index in [1.54, 1.807) is 0 Å². The molecule has 1 unspecified atom stereocenters. The van der Waals surface area contributed by atoms with Gasteiger partial charge in [-0.15, -0.1) is 0 Å². The first-order chi connectivity index (χ1) is 12.5. The molecule has 2 aromatic rings. The van der Waals surface area contributed by atoms with E-state index >= 15 is 0 Å². The summed E-state index contributed by atoms with van der Waals surface area (Å²) in [7, 11) is 0. The molecule has 1 aliphatic heterocycles. The maximum atomic E-state index is 11.7. The summed E-state index contributed by atoms with van der Waals surface area (Å²) in [4.78, 5) is 23.0. The lowest BCUT2D eigenvalue weighted by atomic mass is 9.92. The first-order valence-electron chi connectivity index (χ1n) is 8.49. The predicted octanol–water partition coefficient (Wildman–Crippen LogP) is 2.47. The number of carbonyl (C=O) groups is 2. The van der Waals surface area contributed by atoms with Crippen LogP contribution in [0.15, 0.2) is 48.5 Å². The van der Waals surface area contributed by atoms with Crippen molar-refractivity contribution in [3.63, 3.8) is 0 Å². The highest BCUT2D eigenvalue weighted by atomic mass is 16.6. The van der Waals surface area contributed by atoms with Crippen molar-refractivity contribution in [2.24, 2.45) is 5.73 Å². The monoisotopic (exact) mass is 354 g/mol. The molecule has 1 saturated heterocycles. The van der Waals surface area contributed by atoms with Crippen molar-refractivity contribution in [3.8, 4) is 5.75 Å². The molecule has 3 N–H and O–H groups in total. The smallest absolute Gasteiger partial charge is 0.408 e. The van der Waals surface area contributed by atoms with E-state index in [-0.39, 0.29) is 6.61 Å². The zero-order valence-corrected chi connectivity index (χ0v) is 14.7. The van der Waals surface area contributed by atoms with Gasteiger partial charge in [-0.3, -0.25) is 4.79 Å². The molecule has 6 nitrogen and oxygen atoms in total. The van der Waals surface area contributed by atoms with Crippen molar-refractivity contribution in [1.29, 1.82) is 0 Å². The number of nitrogens with two attached hydrogens (primary N) is 1. The number of cyclic esters (lactones) is 1. The highest BCUT2D eigenvalue weighted by molar-refractivity contribution is 5.91. The fourth-order valence-corrected chi connectivity index (χ4v) is 2.81. The lowest BCUT2D eigenvalue weighted by Gasteiger charge is -2.22. The topological polar surface area (TPSA) is 90.7 Å². The van der Waals surface area contributed by atoms with Gasteiger partial charge >= 0.3 is 6.09 Å². The Hall–Kier alpha value is -3.02. The normalized spacial score (nSPS) is 18.9. The van der Waals surface area contributed by atoms with Gasteiger partial charge in [0.2, 0.25) is 5.91 Å². The summed E-state index contributed by atoms with van der Waals surface area (Å²) < 4.78 is 10.6. The molecule has 0 aromatic heterocycles. The van der Waals surface area contributed by atoms with Crippen LogP contribution < -0.4 is 15.8 Å². The van der Waals surface area contributed by atoms with Crippen LogP contribution >= 0.6 is 0 Å².